The molecule has 0 amide bonds. The van der Waals surface area contributed by atoms with Crippen LogP contribution in [-0.4, -0.2) is 17.7 Å². The molecule has 0 spiro atoms. The summed E-state index contributed by atoms with van der Waals surface area (Å²) in [6.45, 7) is 6.57. The average Bonchev–Trinajstić information content (AvgIpc) is 1.99. The second-order valence-electron chi connectivity index (χ2n) is 3.16. The summed E-state index contributed by atoms with van der Waals surface area (Å²) in [5.41, 5.74) is 5.82. The molecule has 0 radical (unpaired) electrons. The number of rotatable bonds is 1. The van der Waals surface area contributed by atoms with Gasteiger partial charge >= 0.3 is 78.0 Å². The summed E-state index contributed by atoms with van der Waals surface area (Å²) in [7, 11) is 0. The van der Waals surface area contributed by atoms with Crippen molar-refractivity contribution in [3.8, 4) is 0 Å². The van der Waals surface area contributed by atoms with Crippen LogP contribution in [0.1, 0.15) is 22.3 Å². The Hall–Kier alpha value is -0.183. The average molecular weight is 140 g/mol. The van der Waals surface area contributed by atoms with Gasteiger partial charge < -0.3 is 0 Å². The van der Waals surface area contributed by atoms with Crippen LogP contribution >= 0.6 is 0 Å². The van der Waals surface area contributed by atoms with Gasteiger partial charge in [-0.2, -0.15) is 0 Å². The topological polar surface area (TPSA) is 0 Å². The Morgan fingerprint density at radius 1 is 1.09 bits per heavy atom. The molecule has 0 atom stereocenters. The Morgan fingerprint density at radius 2 is 1.64 bits per heavy atom. The van der Waals surface area contributed by atoms with Gasteiger partial charge in [-0.25, -0.2) is 0 Å². The van der Waals surface area contributed by atoms with E-state index in [1.807, 2.05) is 0 Å². The van der Waals surface area contributed by atoms with Crippen molar-refractivity contribution >= 4 is 17.7 Å². The Labute approximate surface area is 78.2 Å². The fourth-order valence-electron chi connectivity index (χ4n) is 1.55. The van der Waals surface area contributed by atoms with Crippen molar-refractivity contribution in [3.63, 3.8) is 0 Å². The van der Waals surface area contributed by atoms with Crippen LogP contribution in [0.4, 0.5) is 0 Å². The molecule has 0 bridgehead atoms. The molecule has 0 saturated heterocycles. The van der Waals surface area contributed by atoms with E-state index >= 15 is 0 Å². The van der Waals surface area contributed by atoms with E-state index in [4.69, 9.17) is 0 Å². The van der Waals surface area contributed by atoms with E-state index in [2.05, 4.69) is 50.6 Å². The number of hydrogen-bond donors (Lipinski definition) is 0. The van der Waals surface area contributed by atoms with Crippen molar-refractivity contribution in [2.24, 2.45) is 0 Å². The standard InChI is InChI=1S/C10H13.Li/c1-7-5-6-8(2)10(4)9(7)3;/h5-6H,3H2,1-2,4H3;. The molecule has 1 rings (SSSR count). The summed E-state index contributed by atoms with van der Waals surface area (Å²) in [5, 5.41) is 1.15. The normalized spacial score (nSPS) is 10.3. The molecule has 0 aromatic heterocycles. The Balaban J connectivity index is 3.29. The number of hydrogen-bond acceptors (Lipinski definition) is 0. The first-order chi connectivity index (χ1) is 5.16. The molecular formula is C10H13Li. The first-order valence-corrected chi connectivity index (χ1v) is 4.22. The van der Waals surface area contributed by atoms with Crippen molar-refractivity contribution in [2.75, 3.05) is 0 Å². The molecule has 11 heavy (non-hydrogen) atoms. The molecule has 1 aromatic rings. The van der Waals surface area contributed by atoms with Crippen LogP contribution in [0.15, 0.2) is 12.1 Å². The summed E-state index contributed by atoms with van der Waals surface area (Å²) in [6, 6.07) is 4.41. The van der Waals surface area contributed by atoms with Crippen LogP contribution in [0.3, 0.4) is 0 Å². The van der Waals surface area contributed by atoms with Crippen molar-refractivity contribution < 1.29 is 0 Å². The van der Waals surface area contributed by atoms with Gasteiger partial charge in [0, 0.05) is 0 Å². The van der Waals surface area contributed by atoms with E-state index in [9.17, 15) is 0 Å². The summed E-state index contributed by atoms with van der Waals surface area (Å²) >= 11 is 2.22. The van der Waals surface area contributed by atoms with Crippen LogP contribution in [-0.2, 0) is 5.09 Å². The minimum atomic E-state index is 1.15. The van der Waals surface area contributed by atoms with Gasteiger partial charge in [0.1, 0.15) is 0 Å². The Kier molecular flexibility index (Phi) is 2.82. The molecule has 0 nitrogen and oxygen atoms in total. The van der Waals surface area contributed by atoms with Crippen LogP contribution in [0.2, 0.25) is 0 Å². The van der Waals surface area contributed by atoms with Gasteiger partial charge in [-0.15, -0.1) is 0 Å². The Morgan fingerprint density at radius 3 is 2.09 bits per heavy atom. The molecular weight excluding hydrogens is 127 g/mol. The first kappa shape index (κ1) is 8.91. The molecule has 0 saturated carbocycles. The van der Waals surface area contributed by atoms with Crippen LogP contribution in [0.25, 0.3) is 0 Å². The molecule has 0 aliphatic rings. The second-order valence-corrected chi connectivity index (χ2v) is 3.16. The van der Waals surface area contributed by atoms with Crippen molar-refractivity contribution in [3.05, 3.63) is 34.4 Å². The zero-order chi connectivity index (χ0) is 8.43. The van der Waals surface area contributed by atoms with Crippen LogP contribution < -0.4 is 0 Å². The third-order valence-electron chi connectivity index (χ3n) is 2.46. The quantitative estimate of drug-likeness (QED) is 0.525. The summed E-state index contributed by atoms with van der Waals surface area (Å²) in [6.07, 6.45) is 0. The van der Waals surface area contributed by atoms with Crippen molar-refractivity contribution in [1.29, 1.82) is 0 Å². The summed E-state index contributed by atoms with van der Waals surface area (Å²) in [5.74, 6) is 0. The number of benzene rings is 1. The summed E-state index contributed by atoms with van der Waals surface area (Å²) < 4.78 is 0. The fraction of sp³-hybridized carbons (Fsp3) is 0.400. The van der Waals surface area contributed by atoms with Gasteiger partial charge in [-0.05, 0) is 0 Å². The van der Waals surface area contributed by atoms with Gasteiger partial charge in [-0.1, -0.05) is 0 Å². The van der Waals surface area contributed by atoms with Gasteiger partial charge in [0.05, 0.1) is 0 Å². The maximum atomic E-state index is 2.22. The number of aryl methyl sites for hydroxylation is 2. The van der Waals surface area contributed by atoms with Crippen molar-refractivity contribution in [2.45, 2.75) is 25.9 Å². The van der Waals surface area contributed by atoms with Crippen LogP contribution in [0.5, 0.6) is 0 Å². The third kappa shape index (κ3) is 1.69. The molecule has 0 fully saturated rings. The molecule has 0 N–H and O–H groups in total. The van der Waals surface area contributed by atoms with Gasteiger partial charge in [-0.3, -0.25) is 0 Å². The van der Waals surface area contributed by atoms with Gasteiger partial charge in [0.25, 0.3) is 0 Å². The molecule has 54 valence electrons. The SMILES string of the molecule is [Li][CH2]c1c(C)ccc(C)c1C. The minimum absolute atomic E-state index is 1.15. The second kappa shape index (κ2) is 3.48. The fourth-order valence-corrected chi connectivity index (χ4v) is 1.55. The zero-order valence-corrected chi connectivity index (χ0v) is 7.86. The Bertz CT molecular complexity index is 264. The van der Waals surface area contributed by atoms with Crippen LogP contribution in [0, 0.1) is 20.8 Å². The molecule has 0 aliphatic heterocycles. The van der Waals surface area contributed by atoms with Gasteiger partial charge in [0.15, 0.2) is 0 Å². The maximum absolute atomic E-state index is 2.22. The predicted molar refractivity (Wildman–Crippen MR) is 50.1 cm³/mol. The molecule has 1 heteroatoms. The van der Waals surface area contributed by atoms with E-state index in [-0.39, 0.29) is 0 Å². The summed E-state index contributed by atoms with van der Waals surface area (Å²) in [4.78, 5) is 0. The van der Waals surface area contributed by atoms with Gasteiger partial charge in [0.2, 0.25) is 0 Å². The van der Waals surface area contributed by atoms with E-state index in [1.54, 1.807) is 0 Å². The molecule has 0 aliphatic carbocycles. The zero-order valence-electron chi connectivity index (χ0n) is 7.86. The molecule has 0 heterocycles. The van der Waals surface area contributed by atoms with E-state index in [0.717, 1.165) is 5.09 Å². The third-order valence-corrected chi connectivity index (χ3v) is 2.46. The molecule has 1 aromatic carbocycles. The van der Waals surface area contributed by atoms with E-state index in [1.165, 1.54) is 22.3 Å². The monoisotopic (exact) mass is 140 g/mol. The molecule has 0 unspecified atom stereocenters. The first-order valence-electron chi connectivity index (χ1n) is 4.22. The van der Waals surface area contributed by atoms with E-state index in [0.29, 0.717) is 0 Å². The van der Waals surface area contributed by atoms with Crippen molar-refractivity contribution in [1.82, 2.24) is 0 Å². The predicted octanol–water partition coefficient (Wildman–Crippen LogP) is 2.28. The van der Waals surface area contributed by atoms with E-state index < -0.39 is 0 Å².